The van der Waals surface area contributed by atoms with Crippen molar-refractivity contribution in [2.75, 3.05) is 11.9 Å². The Balaban J connectivity index is 1.71. The van der Waals surface area contributed by atoms with Gasteiger partial charge in [0.25, 0.3) is 5.91 Å². The second-order valence-electron chi connectivity index (χ2n) is 7.32. The lowest BCUT2D eigenvalue weighted by atomic mass is 10.1. The molecule has 2 N–H and O–H groups in total. The summed E-state index contributed by atoms with van der Waals surface area (Å²) < 4.78 is 0. The van der Waals surface area contributed by atoms with Crippen LogP contribution >= 0.6 is 0 Å². The van der Waals surface area contributed by atoms with Crippen LogP contribution in [-0.2, 0) is 4.79 Å². The molecule has 0 fully saturated rings. The molecule has 1 heterocycles. The Labute approximate surface area is 165 Å². The predicted octanol–water partition coefficient (Wildman–Crippen LogP) is 4.15. The molecule has 5 heteroatoms. The molecule has 0 aliphatic heterocycles. The van der Waals surface area contributed by atoms with Crippen molar-refractivity contribution in [3.05, 3.63) is 69.9 Å². The van der Waals surface area contributed by atoms with Gasteiger partial charge in [-0.2, -0.15) is 0 Å². The van der Waals surface area contributed by atoms with E-state index in [0.29, 0.717) is 11.3 Å². The first-order valence-electron chi connectivity index (χ1n) is 9.28. The maximum absolute atomic E-state index is 12.6. The van der Waals surface area contributed by atoms with Crippen LogP contribution in [0, 0.1) is 34.6 Å². The number of anilines is 1. The summed E-state index contributed by atoms with van der Waals surface area (Å²) in [5.41, 5.74) is 7.02. The van der Waals surface area contributed by atoms with Crippen molar-refractivity contribution in [2.45, 2.75) is 34.6 Å². The number of nitrogens with one attached hydrogen (secondary N) is 2. The van der Waals surface area contributed by atoms with Crippen molar-refractivity contribution >= 4 is 28.4 Å². The van der Waals surface area contributed by atoms with Crippen molar-refractivity contribution in [3.8, 4) is 0 Å². The van der Waals surface area contributed by atoms with Gasteiger partial charge in [0.05, 0.1) is 23.3 Å². The van der Waals surface area contributed by atoms with E-state index in [1.807, 2.05) is 64.1 Å². The summed E-state index contributed by atoms with van der Waals surface area (Å²) in [5, 5.41) is 6.50. The van der Waals surface area contributed by atoms with Crippen LogP contribution in [0.4, 0.5) is 5.69 Å². The number of nitrogens with zero attached hydrogens (tertiary/aromatic N) is 1. The third-order valence-corrected chi connectivity index (χ3v) is 4.76. The molecule has 0 atom stereocenters. The maximum Gasteiger partial charge on any atom is 0.253 e. The summed E-state index contributed by atoms with van der Waals surface area (Å²) in [4.78, 5) is 29.4. The highest BCUT2D eigenvalue weighted by atomic mass is 16.2. The average molecular weight is 375 g/mol. The minimum atomic E-state index is -0.305. The van der Waals surface area contributed by atoms with Crippen molar-refractivity contribution in [3.63, 3.8) is 0 Å². The number of fused-ring (bicyclic) bond motifs is 1. The molecule has 2 amide bonds. The van der Waals surface area contributed by atoms with E-state index in [4.69, 9.17) is 0 Å². The van der Waals surface area contributed by atoms with E-state index in [1.54, 1.807) is 6.92 Å². The molecule has 28 heavy (non-hydrogen) atoms. The zero-order valence-corrected chi connectivity index (χ0v) is 16.9. The monoisotopic (exact) mass is 375 g/mol. The summed E-state index contributed by atoms with van der Waals surface area (Å²) >= 11 is 0. The molecular weight excluding hydrogens is 350 g/mol. The number of hydrogen-bond acceptors (Lipinski definition) is 3. The lowest BCUT2D eigenvalue weighted by Gasteiger charge is -2.13. The molecule has 2 aromatic carbocycles. The molecule has 0 spiro atoms. The predicted molar refractivity (Wildman–Crippen MR) is 113 cm³/mol. The van der Waals surface area contributed by atoms with E-state index in [-0.39, 0.29) is 18.4 Å². The van der Waals surface area contributed by atoms with Crippen LogP contribution < -0.4 is 10.6 Å². The molecule has 0 aliphatic carbocycles. The molecule has 144 valence electrons. The number of carbonyl (C=O) groups excluding carboxylic acids is 2. The number of aryl methyl sites for hydroxylation is 5. The van der Waals surface area contributed by atoms with Gasteiger partial charge >= 0.3 is 0 Å². The van der Waals surface area contributed by atoms with Crippen molar-refractivity contribution < 1.29 is 9.59 Å². The third-order valence-electron chi connectivity index (χ3n) is 4.76. The topological polar surface area (TPSA) is 71.1 Å². The first-order valence-corrected chi connectivity index (χ1v) is 9.28. The van der Waals surface area contributed by atoms with E-state index in [0.717, 1.165) is 38.8 Å². The standard InChI is InChI=1S/C23H25N3O2/c1-13-6-7-20-18(10-13)11-19(17(5)25-20)23(28)24-12-21(27)26-22-15(3)8-14(2)9-16(22)4/h6-11H,12H2,1-5H3,(H,24,28)(H,26,27). The Hall–Kier alpha value is -3.21. The van der Waals surface area contributed by atoms with Gasteiger partial charge in [0.15, 0.2) is 0 Å². The summed E-state index contributed by atoms with van der Waals surface area (Å²) in [5.74, 6) is -0.563. The van der Waals surface area contributed by atoms with Gasteiger partial charge in [0, 0.05) is 11.1 Å². The number of pyridine rings is 1. The first-order chi connectivity index (χ1) is 13.2. The van der Waals surface area contributed by atoms with Crippen LogP contribution in [0.25, 0.3) is 10.9 Å². The highest BCUT2D eigenvalue weighted by Gasteiger charge is 2.14. The number of aromatic nitrogens is 1. The average Bonchev–Trinajstić information content (AvgIpc) is 2.62. The Morgan fingerprint density at radius 1 is 0.893 bits per heavy atom. The van der Waals surface area contributed by atoms with Crippen molar-refractivity contribution in [1.82, 2.24) is 10.3 Å². The lowest BCUT2D eigenvalue weighted by molar-refractivity contribution is -0.115. The normalized spacial score (nSPS) is 10.8. The van der Waals surface area contributed by atoms with Crippen LogP contribution in [0.5, 0.6) is 0 Å². The van der Waals surface area contributed by atoms with Gasteiger partial charge in [-0.25, -0.2) is 0 Å². The Morgan fingerprint density at radius 2 is 1.57 bits per heavy atom. The third kappa shape index (κ3) is 4.19. The molecule has 0 saturated heterocycles. The van der Waals surface area contributed by atoms with E-state index < -0.39 is 0 Å². The van der Waals surface area contributed by atoms with Gasteiger partial charge < -0.3 is 10.6 Å². The van der Waals surface area contributed by atoms with Crippen LogP contribution in [0.1, 0.15) is 38.3 Å². The van der Waals surface area contributed by atoms with Gasteiger partial charge in [0.1, 0.15) is 0 Å². The van der Waals surface area contributed by atoms with Crippen LogP contribution in [0.2, 0.25) is 0 Å². The minimum Gasteiger partial charge on any atom is -0.343 e. The van der Waals surface area contributed by atoms with E-state index >= 15 is 0 Å². The lowest BCUT2D eigenvalue weighted by Crippen LogP contribution is -2.33. The molecule has 0 bridgehead atoms. The second-order valence-corrected chi connectivity index (χ2v) is 7.32. The summed E-state index contributed by atoms with van der Waals surface area (Å²) in [7, 11) is 0. The number of rotatable bonds is 4. The molecule has 0 unspecified atom stereocenters. The maximum atomic E-state index is 12.6. The Morgan fingerprint density at radius 3 is 2.25 bits per heavy atom. The Kier molecular flexibility index (Phi) is 5.45. The SMILES string of the molecule is Cc1cc(C)c(NC(=O)CNC(=O)c2cc3cc(C)ccc3nc2C)c(C)c1. The summed E-state index contributed by atoms with van der Waals surface area (Å²) in [6, 6.07) is 11.8. The van der Waals surface area contributed by atoms with Crippen LogP contribution in [0.15, 0.2) is 36.4 Å². The molecule has 5 nitrogen and oxygen atoms in total. The fourth-order valence-corrected chi connectivity index (χ4v) is 3.44. The number of amides is 2. The molecular formula is C23H25N3O2. The Bertz CT molecular complexity index is 1060. The highest BCUT2D eigenvalue weighted by molar-refractivity contribution is 6.02. The smallest absolute Gasteiger partial charge is 0.253 e. The largest absolute Gasteiger partial charge is 0.343 e. The van der Waals surface area contributed by atoms with E-state index in [1.165, 1.54) is 0 Å². The highest BCUT2D eigenvalue weighted by Crippen LogP contribution is 2.22. The number of benzene rings is 2. The van der Waals surface area contributed by atoms with Gasteiger partial charge in [-0.15, -0.1) is 0 Å². The minimum absolute atomic E-state index is 0.100. The molecule has 0 aliphatic rings. The molecule has 3 rings (SSSR count). The van der Waals surface area contributed by atoms with Crippen molar-refractivity contribution in [1.29, 1.82) is 0 Å². The molecule has 3 aromatic rings. The van der Waals surface area contributed by atoms with Gasteiger partial charge in [0.2, 0.25) is 5.91 Å². The summed E-state index contributed by atoms with van der Waals surface area (Å²) in [6.45, 7) is 9.64. The second kappa shape index (κ2) is 7.80. The molecule has 0 radical (unpaired) electrons. The molecule has 1 aromatic heterocycles. The van der Waals surface area contributed by atoms with Gasteiger partial charge in [-0.05, 0) is 63.9 Å². The zero-order chi connectivity index (χ0) is 20.4. The molecule has 0 saturated carbocycles. The quantitative estimate of drug-likeness (QED) is 0.720. The van der Waals surface area contributed by atoms with Crippen LogP contribution in [-0.4, -0.2) is 23.3 Å². The van der Waals surface area contributed by atoms with E-state index in [9.17, 15) is 9.59 Å². The number of carbonyl (C=O) groups is 2. The van der Waals surface area contributed by atoms with E-state index in [2.05, 4.69) is 15.6 Å². The number of hydrogen-bond donors (Lipinski definition) is 2. The summed E-state index contributed by atoms with van der Waals surface area (Å²) in [6.07, 6.45) is 0. The fourth-order valence-electron chi connectivity index (χ4n) is 3.44. The fraction of sp³-hybridized carbons (Fsp3) is 0.261. The van der Waals surface area contributed by atoms with Crippen molar-refractivity contribution in [2.24, 2.45) is 0 Å². The zero-order valence-electron chi connectivity index (χ0n) is 16.9. The van der Waals surface area contributed by atoms with Gasteiger partial charge in [-0.3, -0.25) is 14.6 Å². The van der Waals surface area contributed by atoms with Crippen LogP contribution in [0.3, 0.4) is 0 Å². The first kappa shape index (κ1) is 19.5. The van der Waals surface area contributed by atoms with Gasteiger partial charge in [-0.1, -0.05) is 29.3 Å².